The van der Waals surface area contributed by atoms with Gasteiger partial charge in [-0.3, -0.25) is 4.79 Å². The first kappa shape index (κ1) is 15.5. The minimum atomic E-state index is 0.277. The van der Waals surface area contributed by atoms with Crippen LogP contribution in [-0.2, 0) is 11.3 Å². The van der Waals surface area contributed by atoms with Gasteiger partial charge in [0.05, 0.1) is 0 Å². The molecule has 130 valence electrons. The van der Waals surface area contributed by atoms with Crippen molar-refractivity contribution in [3.05, 3.63) is 36.0 Å². The monoisotopic (exact) mass is 341 g/mol. The van der Waals surface area contributed by atoms with Crippen LogP contribution in [0.4, 0.5) is 11.8 Å². The normalized spacial score (nSPS) is 16.0. The van der Waals surface area contributed by atoms with Crippen LogP contribution in [-0.4, -0.2) is 54.2 Å². The number of nitrogens with zero attached hydrogens (tertiary/aromatic N) is 4. The van der Waals surface area contributed by atoms with Gasteiger partial charge >= 0.3 is 0 Å². The van der Waals surface area contributed by atoms with E-state index in [0.717, 1.165) is 42.4 Å². The van der Waals surface area contributed by atoms with Gasteiger partial charge in [-0.25, -0.2) is 4.98 Å². The number of carbonyl (C=O) groups excluding carboxylic acids is 1. The number of hydrogen-bond acceptors (Lipinski definition) is 7. The van der Waals surface area contributed by atoms with Gasteiger partial charge in [0.1, 0.15) is 5.82 Å². The molecule has 2 aromatic rings. The van der Waals surface area contributed by atoms with Gasteiger partial charge in [-0.15, -0.1) is 0 Å². The van der Waals surface area contributed by atoms with E-state index in [0.29, 0.717) is 25.6 Å². The van der Waals surface area contributed by atoms with E-state index in [2.05, 4.69) is 20.2 Å². The molecule has 2 aliphatic heterocycles. The van der Waals surface area contributed by atoms with Gasteiger partial charge in [-0.05, 0) is 23.8 Å². The fourth-order valence-corrected chi connectivity index (χ4v) is 2.87. The third kappa shape index (κ3) is 3.42. The third-order valence-corrected chi connectivity index (χ3v) is 4.30. The van der Waals surface area contributed by atoms with Crippen molar-refractivity contribution in [2.75, 3.05) is 43.2 Å². The number of piperazine rings is 1. The van der Waals surface area contributed by atoms with E-state index < -0.39 is 0 Å². The number of fused-ring (bicyclic) bond motifs is 1. The number of benzene rings is 1. The molecule has 8 heteroatoms. The highest BCUT2D eigenvalue weighted by Gasteiger charge is 2.18. The zero-order valence-corrected chi connectivity index (χ0v) is 13.7. The zero-order valence-electron chi connectivity index (χ0n) is 13.7. The molecule has 0 spiro atoms. The lowest BCUT2D eigenvalue weighted by Gasteiger charge is -2.32. The molecular formula is C17H19N5O3. The van der Waals surface area contributed by atoms with Gasteiger partial charge in [0.15, 0.2) is 11.5 Å². The first-order valence-corrected chi connectivity index (χ1v) is 8.21. The Kier molecular flexibility index (Phi) is 4.24. The fraction of sp³-hybridized carbons (Fsp3) is 0.353. The van der Waals surface area contributed by atoms with E-state index in [-0.39, 0.29) is 6.79 Å². The smallest absolute Gasteiger partial charge is 0.231 e. The first-order valence-electron chi connectivity index (χ1n) is 8.21. The van der Waals surface area contributed by atoms with Gasteiger partial charge in [-0.1, -0.05) is 6.07 Å². The molecule has 1 N–H and O–H groups in total. The summed E-state index contributed by atoms with van der Waals surface area (Å²) in [6, 6.07) is 7.73. The predicted octanol–water partition coefficient (Wildman–Crippen LogP) is 1.10. The minimum Gasteiger partial charge on any atom is -0.454 e. The lowest BCUT2D eigenvalue weighted by molar-refractivity contribution is -0.118. The molecule has 0 bridgehead atoms. The molecule has 1 amide bonds. The lowest BCUT2D eigenvalue weighted by atomic mass is 10.2. The highest BCUT2D eigenvalue weighted by molar-refractivity contribution is 5.49. The highest BCUT2D eigenvalue weighted by atomic mass is 16.7. The molecule has 25 heavy (non-hydrogen) atoms. The molecule has 8 nitrogen and oxygen atoms in total. The summed E-state index contributed by atoms with van der Waals surface area (Å²) >= 11 is 0. The SMILES string of the molecule is O=CN1CCN(c2nccc(NCc3ccc4c(c3)OCO4)n2)CC1. The van der Waals surface area contributed by atoms with Crippen LogP contribution in [0.25, 0.3) is 0 Å². The predicted molar refractivity (Wildman–Crippen MR) is 91.8 cm³/mol. The molecule has 1 aromatic heterocycles. The number of ether oxygens (including phenoxy) is 2. The number of aromatic nitrogens is 2. The summed E-state index contributed by atoms with van der Waals surface area (Å²) in [5.41, 5.74) is 1.09. The summed E-state index contributed by atoms with van der Waals surface area (Å²) in [6.45, 7) is 3.78. The van der Waals surface area contributed by atoms with Gasteiger partial charge in [-0.2, -0.15) is 4.98 Å². The van der Waals surface area contributed by atoms with Crippen LogP contribution in [0.15, 0.2) is 30.5 Å². The molecule has 3 heterocycles. The molecule has 0 aliphatic carbocycles. The Labute approximate surface area is 145 Å². The van der Waals surface area contributed by atoms with Crippen molar-refractivity contribution in [2.24, 2.45) is 0 Å². The topological polar surface area (TPSA) is 79.8 Å². The van der Waals surface area contributed by atoms with Crippen LogP contribution in [0.1, 0.15) is 5.56 Å². The fourth-order valence-electron chi connectivity index (χ4n) is 2.87. The van der Waals surface area contributed by atoms with Crippen molar-refractivity contribution in [3.63, 3.8) is 0 Å². The van der Waals surface area contributed by atoms with E-state index in [9.17, 15) is 4.79 Å². The van der Waals surface area contributed by atoms with Crippen LogP contribution in [0.5, 0.6) is 11.5 Å². The second-order valence-electron chi connectivity index (χ2n) is 5.91. The van der Waals surface area contributed by atoms with Crippen molar-refractivity contribution in [1.82, 2.24) is 14.9 Å². The Morgan fingerprint density at radius 3 is 2.80 bits per heavy atom. The maximum Gasteiger partial charge on any atom is 0.231 e. The van der Waals surface area contributed by atoms with Crippen LogP contribution in [0.2, 0.25) is 0 Å². The van der Waals surface area contributed by atoms with E-state index >= 15 is 0 Å². The highest BCUT2D eigenvalue weighted by Crippen LogP contribution is 2.32. The summed E-state index contributed by atoms with van der Waals surface area (Å²) in [5.74, 6) is 3.00. The number of nitrogens with one attached hydrogen (secondary N) is 1. The number of rotatable bonds is 5. The average molecular weight is 341 g/mol. The standard InChI is InChI=1S/C17H19N5O3/c23-11-21-5-7-22(8-6-21)17-18-4-3-16(20-17)19-10-13-1-2-14-15(9-13)25-12-24-14/h1-4,9,11H,5-8,10,12H2,(H,18,19,20). The third-order valence-electron chi connectivity index (χ3n) is 4.30. The second-order valence-corrected chi connectivity index (χ2v) is 5.91. The molecule has 0 unspecified atom stereocenters. The van der Waals surface area contributed by atoms with Crippen LogP contribution < -0.4 is 19.7 Å². The van der Waals surface area contributed by atoms with E-state index in [1.165, 1.54) is 0 Å². The van der Waals surface area contributed by atoms with E-state index in [1.807, 2.05) is 24.3 Å². The Morgan fingerprint density at radius 1 is 1.12 bits per heavy atom. The molecule has 1 saturated heterocycles. The van der Waals surface area contributed by atoms with Gasteiger partial charge in [0.25, 0.3) is 0 Å². The van der Waals surface area contributed by atoms with Gasteiger partial charge < -0.3 is 24.6 Å². The summed E-state index contributed by atoms with van der Waals surface area (Å²) in [5, 5.41) is 3.31. The molecule has 4 rings (SSSR count). The molecule has 2 aliphatic rings. The Bertz CT molecular complexity index is 762. The second kappa shape index (κ2) is 6.84. The summed E-state index contributed by atoms with van der Waals surface area (Å²) in [4.78, 5) is 23.6. The quantitative estimate of drug-likeness (QED) is 0.816. The Balaban J connectivity index is 1.39. The van der Waals surface area contributed by atoms with Crippen molar-refractivity contribution >= 4 is 18.2 Å². The Morgan fingerprint density at radius 2 is 1.96 bits per heavy atom. The number of carbonyl (C=O) groups is 1. The largest absolute Gasteiger partial charge is 0.454 e. The average Bonchev–Trinajstić information content (AvgIpc) is 3.14. The number of hydrogen-bond donors (Lipinski definition) is 1. The van der Waals surface area contributed by atoms with Crippen LogP contribution in [0, 0.1) is 0 Å². The van der Waals surface area contributed by atoms with Gasteiger partial charge in [0, 0.05) is 38.9 Å². The molecule has 0 atom stereocenters. The maximum atomic E-state index is 10.8. The molecular weight excluding hydrogens is 322 g/mol. The zero-order chi connectivity index (χ0) is 17.1. The number of anilines is 2. The van der Waals surface area contributed by atoms with Crippen molar-refractivity contribution in [3.8, 4) is 11.5 Å². The van der Waals surface area contributed by atoms with Crippen LogP contribution in [0.3, 0.4) is 0 Å². The molecule has 0 saturated carbocycles. The van der Waals surface area contributed by atoms with E-state index in [1.54, 1.807) is 11.1 Å². The molecule has 0 radical (unpaired) electrons. The summed E-state index contributed by atoms with van der Waals surface area (Å²) in [7, 11) is 0. The molecule has 1 aromatic carbocycles. The number of amides is 1. The Hall–Kier alpha value is -3.03. The summed E-state index contributed by atoms with van der Waals surface area (Å²) < 4.78 is 10.7. The van der Waals surface area contributed by atoms with Crippen LogP contribution >= 0.6 is 0 Å². The van der Waals surface area contributed by atoms with Crippen molar-refractivity contribution in [2.45, 2.75) is 6.54 Å². The lowest BCUT2D eigenvalue weighted by Crippen LogP contribution is -2.46. The van der Waals surface area contributed by atoms with E-state index in [4.69, 9.17) is 9.47 Å². The maximum absolute atomic E-state index is 10.8. The minimum absolute atomic E-state index is 0.277. The van der Waals surface area contributed by atoms with Crippen molar-refractivity contribution < 1.29 is 14.3 Å². The van der Waals surface area contributed by atoms with Gasteiger partial charge in [0.2, 0.25) is 19.2 Å². The summed E-state index contributed by atoms with van der Waals surface area (Å²) in [6.07, 6.45) is 2.64. The molecule has 1 fully saturated rings. The first-order chi connectivity index (χ1) is 12.3. The van der Waals surface area contributed by atoms with Crippen molar-refractivity contribution in [1.29, 1.82) is 0 Å².